The minimum absolute atomic E-state index is 0.168. The lowest BCUT2D eigenvalue weighted by Gasteiger charge is -2.20. The van der Waals surface area contributed by atoms with Gasteiger partial charge in [0.15, 0.2) is 0 Å². The van der Waals surface area contributed by atoms with Crippen molar-refractivity contribution >= 4 is 11.9 Å². The summed E-state index contributed by atoms with van der Waals surface area (Å²) in [5.41, 5.74) is 8.65. The Bertz CT molecular complexity index is 980. The maximum atomic E-state index is 4.81. The Labute approximate surface area is 170 Å². The van der Waals surface area contributed by atoms with Crippen molar-refractivity contribution in [1.29, 1.82) is 0 Å². The highest BCUT2D eigenvalue weighted by atomic mass is 15.0. The summed E-state index contributed by atoms with van der Waals surface area (Å²) in [5.74, 6) is 0.460. The SMILES string of the molecule is Cc1cc(C=Nc2ccccc2C(C)C)c(C)n1-c1ccc(C(C)(C)C)cc1. The van der Waals surface area contributed by atoms with E-state index in [1.54, 1.807) is 0 Å². The van der Waals surface area contributed by atoms with Crippen LogP contribution in [0.25, 0.3) is 5.69 Å². The molecule has 0 aliphatic carbocycles. The van der Waals surface area contributed by atoms with Crippen molar-refractivity contribution in [3.63, 3.8) is 0 Å². The van der Waals surface area contributed by atoms with Crippen molar-refractivity contribution in [2.75, 3.05) is 0 Å². The zero-order chi connectivity index (χ0) is 20.5. The molecule has 0 radical (unpaired) electrons. The van der Waals surface area contributed by atoms with Crippen molar-refractivity contribution < 1.29 is 0 Å². The standard InChI is InChI=1S/C26H32N2/c1-18(2)24-10-8-9-11-25(24)27-17-21-16-19(3)28(20(21)4)23-14-12-22(13-15-23)26(5,6)7/h8-18H,1-7H3. The molecule has 2 heteroatoms. The summed E-state index contributed by atoms with van der Waals surface area (Å²) < 4.78 is 2.31. The van der Waals surface area contributed by atoms with E-state index in [9.17, 15) is 0 Å². The number of hydrogen-bond acceptors (Lipinski definition) is 1. The van der Waals surface area contributed by atoms with Gasteiger partial charge in [0.05, 0.1) is 5.69 Å². The van der Waals surface area contributed by atoms with Gasteiger partial charge in [0.25, 0.3) is 0 Å². The van der Waals surface area contributed by atoms with Crippen molar-refractivity contribution in [3.05, 3.63) is 82.7 Å². The predicted molar refractivity (Wildman–Crippen MR) is 122 cm³/mol. The lowest BCUT2D eigenvalue weighted by molar-refractivity contribution is 0.590. The van der Waals surface area contributed by atoms with Gasteiger partial charge >= 0.3 is 0 Å². The van der Waals surface area contributed by atoms with E-state index in [4.69, 9.17) is 4.99 Å². The van der Waals surface area contributed by atoms with Crippen LogP contribution in [0, 0.1) is 13.8 Å². The topological polar surface area (TPSA) is 17.3 Å². The van der Waals surface area contributed by atoms with Crippen LogP contribution in [0.3, 0.4) is 0 Å². The van der Waals surface area contributed by atoms with E-state index in [1.165, 1.54) is 28.2 Å². The summed E-state index contributed by atoms with van der Waals surface area (Å²) in [5, 5.41) is 0. The highest BCUT2D eigenvalue weighted by Crippen LogP contribution is 2.28. The number of hydrogen-bond donors (Lipinski definition) is 0. The zero-order valence-electron chi connectivity index (χ0n) is 18.2. The molecule has 3 rings (SSSR count). The molecule has 0 N–H and O–H groups in total. The molecule has 1 heterocycles. The second-order valence-electron chi connectivity index (χ2n) is 8.93. The van der Waals surface area contributed by atoms with Crippen LogP contribution in [-0.2, 0) is 5.41 Å². The van der Waals surface area contributed by atoms with E-state index in [0.29, 0.717) is 5.92 Å². The highest BCUT2D eigenvalue weighted by molar-refractivity contribution is 5.84. The molecule has 0 aliphatic rings. The van der Waals surface area contributed by atoms with Gasteiger partial charge in [-0.3, -0.25) is 4.99 Å². The fourth-order valence-corrected chi connectivity index (χ4v) is 3.66. The molecule has 0 saturated heterocycles. The van der Waals surface area contributed by atoms with E-state index < -0.39 is 0 Å². The lowest BCUT2D eigenvalue weighted by Crippen LogP contribution is -2.11. The maximum absolute atomic E-state index is 4.81. The Balaban J connectivity index is 1.95. The first-order chi connectivity index (χ1) is 13.2. The first kappa shape index (κ1) is 20.1. The lowest BCUT2D eigenvalue weighted by atomic mass is 9.87. The smallest absolute Gasteiger partial charge is 0.0664 e. The summed E-state index contributed by atoms with van der Waals surface area (Å²) in [4.78, 5) is 4.81. The molecule has 3 aromatic rings. The second kappa shape index (κ2) is 7.79. The second-order valence-corrected chi connectivity index (χ2v) is 8.93. The van der Waals surface area contributed by atoms with E-state index in [-0.39, 0.29) is 5.41 Å². The number of aryl methyl sites for hydroxylation is 1. The maximum Gasteiger partial charge on any atom is 0.0664 e. The van der Waals surface area contributed by atoms with Crippen molar-refractivity contribution in [2.45, 2.75) is 59.8 Å². The Hall–Kier alpha value is -2.61. The summed E-state index contributed by atoms with van der Waals surface area (Å²) in [6.07, 6.45) is 2.00. The molecule has 28 heavy (non-hydrogen) atoms. The Morgan fingerprint density at radius 1 is 0.929 bits per heavy atom. The van der Waals surface area contributed by atoms with E-state index in [2.05, 4.69) is 108 Å². The molecule has 0 aliphatic heterocycles. The average molecular weight is 373 g/mol. The van der Waals surface area contributed by atoms with Gasteiger partial charge in [-0.2, -0.15) is 0 Å². The largest absolute Gasteiger partial charge is 0.318 e. The van der Waals surface area contributed by atoms with Gasteiger partial charge in [0.1, 0.15) is 0 Å². The number of para-hydroxylation sites is 1. The van der Waals surface area contributed by atoms with Crippen LogP contribution < -0.4 is 0 Å². The molecule has 0 atom stereocenters. The molecule has 0 spiro atoms. The van der Waals surface area contributed by atoms with Crippen molar-refractivity contribution in [3.8, 4) is 5.69 Å². The van der Waals surface area contributed by atoms with Crippen LogP contribution in [0.4, 0.5) is 5.69 Å². The Kier molecular flexibility index (Phi) is 5.60. The molecule has 0 fully saturated rings. The third-order valence-electron chi connectivity index (χ3n) is 5.36. The van der Waals surface area contributed by atoms with Crippen LogP contribution in [-0.4, -0.2) is 10.8 Å². The molecule has 0 bridgehead atoms. The first-order valence-electron chi connectivity index (χ1n) is 10.1. The van der Waals surface area contributed by atoms with E-state index in [0.717, 1.165) is 11.3 Å². The minimum atomic E-state index is 0.168. The minimum Gasteiger partial charge on any atom is -0.318 e. The molecule has 0 amide bonds. The van der Waals surface area contributed by atoms with Gasteiger partial charge in [0.2, 0.25) is 0 Å². The number of benzene rings is 2. The quantitative estimate of drug-likeness (QED) is 0.429. The number of rotatable bonds is 4. The normalized spacial score (nSPS) is 12.3. The fraction of sp³-hybridized carbons (Fsp3) is 0.346. The number of nitrogens with zero attached hydrogens (tertiary/aromatic N) is 2. The van der Waals surface area contributed by atoms with Crippen LogP contribution in [0.2, 0.25) is 0 Å². The van der Waals surface area contributed by atoms with Gasteiger partial charge in [-0.1, -0.05) is 65.0 Å². The van der Waals surface area contributed by atoms with Gasteiger partial charge < -0.3 is 4.57 Å². The Morgan fingerprint density at radius 2 is 1.57 bits per heavy atom. The average Bonchev–Trinajstić information content (AvgIpc) is 2.93. The van der Waals surface area contributed by atoms with Gasteiger partial charge in [0, 0.05) is 28.9 Å². The molecule has 1 aromatic heterocycles. The van der Waals surface area contributed by atoms with Crippen LogP contribution >= 0.6 is 0 Å². The molecule has 2 aromatic carbocycles. The van der Waals surface area contributed by atoms with Crippen LogP contribution in [0.5, 0.6) is 0 Å². The van der Waals surface area contributed by atoms with E-state index in [1.807, 2.05) is 6.21 Å². The zero-order valence-corrected chi connectivity index (χ0v) is 18.2. The van der Waals surface area contributed by atoms with Crippen molar-refractivity contribution in [1.82, 2.24) is 4.57 Å². The first-order valence-corrected chi connectivity index (χ1v) is 10.1. The molecule has 0 unspecified atom stereocenters. The molecule has 0 saturated carbocycles. The highest BCUT2D eigenvalue weighted by Gasteiger charge is 2.15. The van der Waals surface area contributed by atoms with Gasteiger partial charge in [-0.25, -0.2) is 0 Å². The van der Waals surface area contributed by atoms with Crippen molar-refractivity contribution in [2.24, 2.45) is 4.99 Å². The van der Waals surface area contributed by atoms with Crippen LogP contribution in [0.15, 0.2) is 59.6 Å². The number of aliphatic imine (C=N–C) groups is 1. The molecule has 2 nitrogen and oxygen atoms in total. The van der Waals surface area contributed by atoms with Gasteiger partial charge in [-0.15, -0.1) is 0 Å². The monoisotopic (exact) mass is 372 g/mol. The third-order valence-corrected chi connectivity index (χ3v) is 5.36. The van der Waals surface area contributed by atoms with Crippen LogP contribution in [0.1, 0.15) is 68.6 Å². The summed E-state index contributed by atoms with van der Waals surface area (Å²) in [7, 11) is 0. The molecule has 146 valence electrons. The fourth-order valence-electron chi connectivity index (χ4n) is 3.66. The molecular formula is C26H32N2. The van der Waals surface area contributed by atoms with E-state index >= 15 is 0 Å². The molecular weight excluding hydrogens is 340 g/mol. The number of aromatic nitrogens is 1. The summed E-state index contributed by atoms with van der Waals surface area (Å²) >= 11 is 0. The van der Waals surface area contributed by atoms with Gasteiger partial charge in [-0.05, 0) is 60.6 Å². The summed E-state index contributed by atoms with van der Waals surface area (Å²) in [6.45, 7) is 15.5. The predicted octanol–water partition coefficient (Wildman–Crippen LogP) is 7.27. The summed E-state index contributed by atoms with van der Waals surface area (Å²) in [6, 6.07) is 19.5. The third kappa shape index (κ3) is 4.11. The Morgan fingerprint density at radius 3 is 2.18 bits per heavy atom.